The summed E-state index contributed by atoms with van der Waals surface area (Å²) in [4.78, 5) is 34.6. The van der Waals surface area contributed by atoms with Gasteiger partial charge in [-0.05, 0) is 11.6 Å². The third kappa shape index (κ3) is 6.82. The number of hydrogen-bond acceptors (Lipinski definition) is 5. The maximum atomic E-state index is 12.7. The number of carbonyl (C=O) groups excluding carboxylic acids is 3. The highest BCUT2D eigenvalue weighted by Gasteiger charge is 2.31. The van der Waals surface area contributed by atoms with E-state index in [1.165, 1.54) is 19.2 Å². The molecule has 0 aromatic heterocycles. The van der Waals surface area contributed by atoms with E-state index in [1.807, 2.05) is 0 Å². The maximum absolute atomic E-state index is 12.7. The molecule has 0 bridgehead atoms. The van der Waals surface area contributed by atoms with Gasteiger partial charge in [0.05, 0.1) is 26.2 Å². The summed E-state index contributed by atoms with van der Waals surface area (Å²) in [6.45, 7) is 0. The Kier molecular flexibility index (Phi) is 7.41. The van der Waals surface area contributed by atoms with Gasteiger partial charge < -0.3 is 14.8 Å². The van der Waals surface area contributed by atoms with E-state index < -0.39 is 35.6 Å². The second-order valence-electron chi connectivity index (χ2n) is 5.12. The third-order valence-corrected chi connectivity index (χ3v) is 3.30. The summed E-state index contributed by atoms with van der Waals surface area (Å²) in [6.07, 6.45) is -5.09. The van der Waals surface area contributed by atoms with Crippen LogP contribution in [0.5, 0.6) is 0 Å². The summed E-state index contributed by atoms with van der Waals surface area (Å²) in [5.74, 6) is -2.01. The fraction of sp³-hybridized carbons (Fsp3) is 0.438. The standard InChI is InChI=1S/C16H18F3NO5/c1-24-14(22)7-6-13(21)20-12(15(23)25-2)9-10-4-3-5-11(8-10)16(17,18)19/h3-5,8,12H,6-7,9H2,1-2H3,(H,20,21)/t12-/m1/s1. The molecule has 1 amide bonds. The zero-order valence-electron chi connectivity index (χ0n) is 13.7. The minimum Gasteiger partial charge on any atom is -0.469 e. The summed E-state index contributed by atoms with van der Waals surface area (Å²) >= 11 is 0. The number of hydrogen-bond donors (Lipinski definition) is 1. The number of rotatable bonds is 7. The van der Waals surface area contributed by atoms with E-state index in [2.05, 4.69) is 14.8 Å². The lowest BCUT2D eigenvalue weighted by Gasteiger charge is -2.17. The van der Waals surface area contributed by atoms with Crippen LogP contribution in [-0.2, 0) is 36.5 Å². The highest BCUT2D eigenvalue weighted by atomic mass is 19.4. The highest BCUT2D eigenvalue weighted by Crippen LogP contribution is 2.29. The largest absolute Gasteiger partial charge is 0.469 e. The van der Waals surface area contributed by atoms with Crippen molar-refractivity contribution in [3.05, 3.63) is 35.4 Å². The molecule has 0 aliphatic rings. The lowest BCUT2D eigenvalue weighted by atomic mass is 10.0. The molecule has 1 atom stereocenters. The molecule has 0 saturated heterocycles. The molecule has 9 heteroatoms. The van der Waals surface area contributed by atoms with Crippen molar-refractivity contribution in [3.63, 3.8) is 0 Å². The van der Waals surface area contributed by atoms with Gasteiger partial charge in [-0.2, -0.15) is 13.2 Å². The molecule has 1 N–H and O–H groups in total. The van der Waals surface area contributed by atoms with Gasteiger partial charge in [0.25, 0.3) is 0 Å². The molecule has 0 aliphatic carbocycles. The Balaban J connectivity index is 2.82. The third-order valence-electron chi connectivity index (χ3n) is 3.30. The van der Waals surface area contributed by atoms with Crippen LogP contribution < -0.4 is 5.32 Å². The van der Waals surface area contributed by atoms with Crippen molar-refractivity contribution in [2.45, 2.75) is 31.5 Å². The van der Waals surface area contributed by atoms with Crippen molar-refractivity contribution < 1.29 is 37.0 Å². The minimum absolute atomic E-state index is 0.180. The van der Waals surface area contributed by atoms with Crippen molar-refractivity contribution in [3.8, 4) is 0 Å². The van der Waals surface area contributed by atoms with Crippen molar-refractivity contribution in [1.82, 2.24) is 5.32 Å². The van der Waals surface area contributed by atoms with Crippen LogP contribution in [0.1, 0.15) is 24.0 Å². The summed E-state index contributed by atoms with van der Waals surface area (Å²) < 4.78 is 47.2. The molecule has 138 valence electrons. The zero-order chi connectivity index (χ0) is 19.0. The van der Waals surface area contributed by atoms with Gasteiger partial charge in [-0.15, -0.1) is 0 Å². The molecule has 0 radical (unpaired) electrons. The van der Waals surface area contributed by atoms with E-state index in [4.69, 9.17) is 0 Å². The van der Waals surface area contributed by atoms with Crippen LogP contribution in [0.3, 0.4) is 0 Å². The van der Waals surface area contributed by atoms with Crippen molar-refractivity contribution in [2.24, 2.45) is 0 Å². The maximum Gasteiger partial charge on any atom is 0.416 e. The Morgan fingerprint density at radius 2 is 1.80 bits per heavy atom. The van der Waals surface area contributed by atoms with Crippen LogP contribution in [0.4, 0.5) is 13.2 Å². The normalized spacial score (nSPS) is 12.2. The Morgan fingerprint density at radius 3 is 2.36 bits per heavy atom. The first-order valence-corrected chi connectivity index (χ1v) is 7.27. The van der Waals surface area contributed by atoms with Gasteiger partial charge in [0.1, 0.15) is 6.04 Å². The molecule has 0 aliphatic heterocycles. The number of ether oxygens (including phenoxy) is 2. The van der Waals surface area contributed by atoms with Gasteiger partial charge >= 0.3 is 18.1 Å². The van der Waals surface area contributed by atoms with E-state index in [9.17, 15) is 27.6 Å². The number of amides is 1. The first-order chi connectivity index (χ1) is 11.7. The Labute approximate surface area is 142 Å². The van der Waals surface area contributed by atoms with E-state index >= 15 is 0 Å². The molecule has 0 fully saturated rings. The SMILES string of the molecule is COC(=O)CCC(=O)N[C@H](Cc1cccc(C(F)(F)F)c1)C(=O)OC. The molecular formula is C16H18F3NO5. The van der Waals surface area contributed by atoms with Crippen LogP contribution in [0.2, 0.25) is 0 Å². The average Bonchev–Trinajstić information content (AvgIpc) is 2.57. The number of benzene rings is 1. The number of halogens is 3. The highest BCUT2D eigenvalue weighted by molar-refractivity contribution is 5.86. The second-order valence-corrected chi connectivity index (χ2v) is 5.12. The van der Waals surface area contributed by atoms with E-state index in [0.717, 1.165) is 19.2 Å². The number of methoxy groups -OCH3 is 2. The molecular weight excluding hydrogens is 343 g/mol. The second kappa shape index (κ2) is 9.05. The molecule has 1 rings (SSSR count). The number of nitrogens with one attached hydrogen (secondary N) is 1. The fourth-order valence-electron chi connectivity index (χ4n) is 2.03. The van der Waals surface area contributed by atoms with E-state index in [1.54, 1.807) is 0 Å². The minimum atomic E-state index is -4.51. The molecule has 1 aromatic carbocycles. The predicted molar refractivity (Wildman–Crippen MR) is 80.3 cm³/mol. The Morgan fingerprint density at radius 1 is 1.12 bits per heavy atom. The summed E-state index contributed by atoms with van der Waals surface area (Å²) in [6, 6.07) is 3.26. The van der Waals surface area contributed by atoms with Gasteiger partial charge in [-0.25, -0.2) is 4.79 Å². The van der Waals surface area contributed by atoms with Crippen molar-refractivity contribution >= 4 is 17.8 Å². The van der Waals surface area contributed by atoms with Gasteiger partial charge in [0.15, 0.2) is 0 Å². The molecule has 0 spiro atoms. The zero-order valence-corrected chi connectivity index (χ0v) is 13.7. The summed E-state index contributed by atoms with van der Waals surface area (Å²) in [5.41, 5.74) is -0.649. The van der Waals surface area contributed by atoms with Crippen LogP contribution in [0, 0.1) is 0 Å². The summed E-state index contributed by atoms with van der Waals surface area (Å²) in [5, 5.41) is 2.35. The van der Waals surface area contributed by atoms with Gasteiger partial charge in [-0.1, -0.05) is 18.2 Å². The predicted octanol–water partition coefficient (Wildman–Crippen LogP) is 1.86. The molecule has 0 saturated carbocycles. The van der Waals surface area contributed by atoms with Crippen molar-refractivity contribution in [1.29, 1.82) is 0 Å². The van der Waals surface area contributed by atoms with Gasteiger partial charge in [0, 0.05) is 12.8 Å². The first-order valence-electron chi connectivity index (χ1n) is 7.27. The van der Waals surface area contributed by atoms with Crippen LogP contribution >= 0.6 is 0 Å². The lowest BCUT2D eigenvalue weighted by molar-refractivity contribution is -0.145. The lowest BCUT2D eigenvalue weighted by Crippen LogP contribution is -2.43. The molecule has 0 unspecified atom stereocenters. The number of alkyl halides is 3. The smallest absolute Gasteiger partial charge is 0.416 e. The van der Waals surface area contributed by atoms with Crippen LogP contribution in [0.25, 0.3) is 0 Å². The number of carbonyl (C=O) groups is 3. The fourth-order valence-corrected chi connectivity index (χ4v) is 2.03. The molecule has 6 nitrogen and oxygen atoms in total. The quantitative estimate of drug-likeness (QED) is 0.750. The van der Waals surface area contributed by atoms with Crippen LogP contribution in [0.15, 0.2) is 24.3 Å². The first kappa shape index (κ1) is 20.5. The van der Waals surface area contributed by atoms with E-state index in [-0.39, 0.29) is 24.8 Å². The Hall–Kier alpha value is -2.58. The molecule has 25 heavy (non-hydrogen) atoms. The number of esters is 2. The Bertz CT molecular complexity index is 630. The molecule has 0 heterocycles. The molecule has 1 aromatic rings. The van der Waals surface area contributed by atoms with E-state index in [0.29, 0.717) is 0 Å². The van der Waals surface area contributed by atoms with Gasteiger partial charge in [-0.3, -0.25) is 9.59 Å². The van der Waals surface area contributed by atoms with Crippen molar-refractivity contribution in [2.75, 3.05) is 14.2 Å². The average molecular weight is 361 g/mol. The van der Waals surface area contributed by atoms with Gasteiger partial charge in [0.2, 0.25) is 5.91 Å². The summed E-state index contributed by atoms with van der Waals surface area (Å²) in [7, 11) is 2.27. The van der Waals surface area contributed by atoms with Crippen LogP contribution in [-0.4, -0.2) is 38.1 Å². The monoisotopic (exact) mass is 361 g/mol. The topological polar surface area (TPSA) is 81.7 Å².